The molecule has 3 nitrogen and oxygen atoms in total. The maximum absolute atomic E-state index is 9.07. The number of aliphatic hydroxyl groups excluding tert-OH is 1. The van der Waals surface area contributed by atoms with E-state index < -0.39 is 6.23 Å². The van der Waals surface area contributed by atoms with E-state index in [1.165, 1.54) is 0 Å². The Labute approximate surface area is 61.2 Å². The normalized spacial score (nSPS) is 36.3. The van der Waals surface area contributed by atoms with Gasteiger partial charge in [-0.15, -0.1) is 12.4 Å². The Bertz CT molecular complexity index is 81.0. The standard InChI is InChI=1S/C5H12N2O.ClH/c1-7-3-2-4(6)5(7)8;/h4-5,8H,2-3,6H2,1H3;1H/t4-,5?;/m1./s1. The van der Waals surface area contributed by atoms with E-state index in [4.69, 9.17) is 10.8 Å². The number of aliphatic hydroxyl groups is 1. The minimum atomic E-state index is -0.407. The topological polar surface area (TPSA) is 49.5 Å². The van der Waals surface area contributed by atoms with Crippen molar-refractivity contribution in [3.05, 3.63) is 0 Å². The first-order valence-electron chi connectivity index (χ1n) is 2.85. The van der Waals surface area contributed by atoms with Crippen molar-refractivity contribution in [2.24, 2.45) is 5.73 Å². The van der Waals surface area contributed by atoms with Gasteiger partial charge < -0.3 is 10.8 Å². The molecule has 1 unspecified atom stereocenters. The van der Waals surface area contributed by atoms with Crippen LogP contribution in [0, 0.1) is 0 Å². The zero-order chi connectivity index (χ0) is 6.15. The summed E-state index contributed by atoms with van der Waals surface area (Å²) in [6, 6.07) is -0.0278. The third-order valence-corrected chi connectivity index (χ3v) is 1.65. The molecule has 0 aliphatic carbocycles. The molecule has 56 valence electrons. The van der Waals surface area contributed by atoms with Gasteiger partial charge in [0.15, 0.2) is 0 Å². The van der Waals surface area contributed by atoms with Crippen LogP contribution in [0.1, 0.15) is 6.42 Å². The third-order valence-electron chi connectivity index (χ3n) is 1.65. The molecule has 1 aliphatic heterocycles. The van der Waals surface area contributed by atoms with Gasteiger partial charge in [0.1, 0.15) is 6.23 Å². The molecule has 0 amide bonds. The Kier molecular flexibility index (Phi) is 3.43. The molecule has 1 fully saturated rings. The second-order valence-electron chi connectivity index (χ2n) is 2.35. The van der Waals surface area contributed by atoms with E-state index in [1.54, 1.807) is 0 Å². The number of nitrogens with two attached hydrogens (primary N) is 1. The summed E-state index contributed by atoms with van der Waals surface area (Å²) < 4.78 is 0. The summed E-state index contributed by atoms with van der Waals surface area (Å²) in [5, 5.41) is 9.07. The molecule has 1 aliphatic rings. The Balaban J connectivity index is 0.000000640. The Morgan fingerprint density at radius 2 is 2.22 bits per heavy atom. The smallest absolute Gasteiger partial charge is 0.122 e. The van der Waals surface area contributed by atoms with Gasteiger partial charge in [-0.1, -0.05) is 0 Å². The first-order chi connectivity index (χ1) is 3.72. The van der Waals surface area contributed by atoms with Crippen molar-refractivity contribution in [2.45, 2.75) is 18.7 Å². The van der Waals surface area contributed by atoms with Gasteiger partial charge in [0.05, 0.1) is 0 Å². The van der Waals surface area contributed by atoms with Crippen LogP contribution in [0.2, 0.25) is 0 Å². The zero-order valence-electron chi connectivity index (χ0n) is 5.45. The molecule has 4 heteroatoms. The Morgan fingerprint density at radius 3 is 2.33 bits per heavy atom. The van der Waals surface area contributed by atoms with Crippen molar-refractivity contribution >= 4 is 12.4 Å². The van der Waals surface area contributed by atoms with Crippen LogP contribution < -0.4 is 5.73 Å². The zero-order valence-corrected chi connectivity index (χ0v) is 6.27. The molecular weight excluding hydrogens is 140 g/mol. The molecule has 1 heterocycles. The number of rotatable bonds is 0. The fraction of sp³-hybridized carbons (Fsp3) is 1.00. The van der Waals surface area contributed by atoms with E-state index in [2.05, 4.69) is 0 Å². The van der Waals surface area contributed by atoms with Crippen LogP contribution in [0.5, 0.6) is 0 Å². The van der Waals surface area contributed by atoms with Gasteiger partial charge in [-0.3, -0.25) is 4.90 Å². The first-order valence-corrected chi connectivity index (χ1v) is 2.85. The van der Waals surface area contributed by atoms with Crippen LogP contribution in [0.4, 0.5) is 0 Å². The van der Waals surface area contributed by atoms with Gasteiger partial charge in [0, 0.05) is 12.6 Å². The van der Waals surface area contributed by atoms with E-state index >= 15 is 0 Å². The lowest BCUT2D eigenvalue weighted by atomic mass is 10.3. The summed E-state index contributed by atoms with van der Waals surface area (Å²) in [6.45, 7) is 0.919. The Hall–Kier alpha value is 0.170. The van der Waals surface area contributed by atoms with Crippen molar-refractivity contribution in [3.8, 4) is 0 Å². The second kappa shape index (κ2) is 3.37. The minimum Gasteiger partial charge on any atom is -0.377 e. The minimum absolute atomic E-state index is 0. The van der Waals surface area contributed by atoms with Crippen LogP contribution in [0.3, 0.4) is 0 Å². The lowest BCUT2D eigenvalue weighted by Crippen LogP contribution is -2.36. The van der Waals surface area contributed by atoms with Crippen molar-refractivity contribution in [1.82, 2.24) is 4.90 Å². The molecule has 0 saturated carbocycles. The quantitative estimate of drug-likeness (QED) is 0.487. The molecule has 0 aromatic carbocycles. The number of hydrogen-bond acceptors (Lipinski definition) is 3. The lowest BCUT2D eigenvalue weighted by molar-refractivity contribution is 0.0460. The van der Waals surface area contributed by atoms with Crippen LogP contribution in [-0.2, 0) is 0 Å². The van der Waals surface area contributed by atoms with E-state index in [-0.39, 0.29) is 18.4 Å². The number of likely N-dealkylation sites (N-methyl/N-ethyl adjacent to an activating group) is 1. The number of hydrogen-bond donors (Lipinski definition) is 2. The highest BCUT2D eigenvalue weighted by Gasteiger charge is 2.25. The predicted molar refractivity (Wildman–Crippen MR) is 38.5 cm³/mol. The SMILES string of the molecule is CN1CC[C@@H](N)C1O.Cl. The van der Waals surface area contributed by atoms with Crippen LogP contribution in [0.15, 0.2) is 0 Å². The van der Waals surface area contributed by atoms with Gasteiger partial charge in [-0.2, -0.15) is 0 Å². The maximum Gasteiger partial charge on any atom is 0.122 e. The maximum atomic E-state index is 9.07. The first kappa shape index (κ1) is 9.17. The van der Waals surface area contributed by atoms with Crippen molar-refractivity contribution in [3.63, 3.8) is 0 Å². The van der Waals surface area contributed by atoms with Gasteiger partial charge in [-0.25, -0.2) is 0 Å². The van der Waals surface area contributed by atoms with Crippen LogP contribution >= 0.6 is 12.4 Å². The van der Waals surface area contributed by atoms with Gasteiger partial charge in [0.2, 0.25) is 0 Å². The largest absolute Gasteiger partial charge is 0.377 e. The fourth-order valence-corrected chi connectivity index (χ4v) is 0.961. The summed E-state index contributed by atoms with van der Waals surface area (Å²) in [4.78, 5) is 1.85. The number of halogens is 1. The van der Waals surface area contributed by atoms with E-state index in [1.807, 2.05) is 11.9 Å². The summed E-state index contributed by atoms with van der Waals surface area (Å²) >= 11 is 0. The monoisotopic (exact) mass is 152 g/mol. The van der Waals surface area contributed by atoms with E-state index in [0.717, 1.165) is 13.0 Å². The molecule has 3 N–H and O–H groups in total. The van der Waals surface area contributed by atoms with Gasteiger partial charge in [-0.05, 0) is 13.5 Å². The van der Waals surface area contributed by atoms with Gasteiger partial charge in [0.25, 0.3) is 0 Å². The van der Waals surface area contributed by atoms with Crippen molar-refractivity contribution < 1.29 is 5.11 Å². The molecule has 0 aromatic rings. The molecule has 2 atom stereocenters. The van der Waals surface area contributed by atoms with Gasteiger partial charge >= 0.3 is 0 Å². The second-order valence-corrected chi connectivity index (χ2v) is 2.35. The molecule has 0 spiro atoms. The molecule has 0 bridgehead atoms. The average molecular weight is 153 g/mol. The average Bonchev–Trinajstić information content (AvgIpc) is 1.98. The fourth-order valence-electron chi connectivity index (χ4n) is 0.961. The Morgan fingerprint density at radius 1 is 1.67 bits per heavy atom. The van der Waals surface area contributed by atoms with Crippen LogP contribution in [-0.4, -0.2) is 35.9 Å². The highest BCUT2D eigenvalue weighted by molar-refractivity contribution is 5.85. The summed E-state index contributed by atoms with van der Waals surface area (Å²) in [5.41, 5.74) is 5.48. The van der Waals surface area contributed by atoms with Crippen molar-refractivity contribution in [2.75, 3.05) is 13.6 Å². The molecule has 1 rings (SSSR count). The highest BCUT2D eigenvalue weighted by atomic mass is 35.5. The summed E-state index contributed by atoms with van der Waals surface area (Å²) in [5.74, 6) is 0. The summed E-state index contributed by atoms with van der Waals surface area (Å²) in [6.07, 6.45) is 0.507. The van der Waals surface area contributed by atoms with E-state index in [0.29, 0.717) is 0 Å². The van der Waals surface area contributed by atoms with Crippen LogP contribution in [0.25, 0.3) is 0 Å². The predicted octanol–water partition coefficient (Wildman–Crippen LogP) is -0.611. The molecule has 0 aromatic heterocycles. The number of nitrogens with zero attached hydrogens (tertiary/aromatic N) is 1. The third kappa shape index (κ3) is 1.79. The van der Waals surface area contributed by atoms with Crippen molar-refractivity contribution in [1.29, 1.82) is 0 Å². The molecule has 1 saturated heterocycles. The molecule has 0 radical (unpaired) electrons. The molecular formula is C5H13ClN2O. The number of likely N-dealkylation sites (tertiary alicyclic amines) is 1. The van der Waals surface area contributed by atoms with E-state index in [9.17, 15) is 0 Å². The lowest BCUT2D eigenvalue weighted by Gasteiger charge is -2.14. The molecule has 9 heavy (non-hydrogen) atoms. The highest BCUT2D eigenvalue weighted by Crippen LogP contribution is 2.09. The summed E-state index contributed by atoms with van der Waals surface area (Å²) in [7, 11) is 1.87.